The van der Waals surface area contributed by atoms with Gasteiger partial charge in [-0.3, -0.25) is 9.59 Å². The van der Waals surface area contributed by atoms with Crippen LogP contribution in [0.4, 0.5) is 0 Å². The highest BCUT2D eigenvalue weighted by Crippen LogP contribution is 2.19. The van der Waals surface area contributed by atoms with Crippen LogP contribution in [0.25, 0.3) is 0 Å². The quantitative estimate of drug-likeness (QED) is 0.685. The maximum Gasteiger partial charge on any atom is 0.310 e. The molecule has 0 aliphatic carbocycles. The molecule has 0 aromatic heterocycles. The third kappa shape index (κ3) is 3.22. The molecule has 5 heteroatoms. The van der Waals surface area contributed by atoms with Crippen LogP contribution in [0, 0.1) is 5.92 Å². The van der Waals surface area contributed by atoms with Gasteiger partial charge in [-0.15, -0.1) is 0 Å². The number of amides is 1. The smallest absolute Gasteiger partial charge is 0.310 e. The fraction of sp³-hybridized carbons (Fsp3) is 0.846. The van der Waals surface area contributed by atoms with E-state index in [4.69, 9.17) is 4.74 Å². The van der Waals surface area contributed by atoms with E-state index in [-0.39, 0.29) is 17.8 Å². The average molecular weight is 254 g/mol. The summed E-state index contributed by atoms with van der Waals surface area (Å²) in [6, 6.07) is 0. The van der Waals surface area contributed by atoms with Gasteiger partial charge in [-0.05, 0) is 25.9 Å². The number of ether oxygens (including phenoxy) is 1. The number of hydrogen-bond donors (Lipinski definition) is 0. The number of nitrogens with zero attached hydrogens (tertiary/aromatic N) is 2. The summed E-state index contributed by atoms with van der Waals surface area (Å²) < 4.78 is 4.70. The van der Waals surface area contributed by atoms with Gasteiger partial charge in [-0.2, -0.15) is 0 Å². The maximum absolute atomic E-state index is 11.8. The first-order valence-electron chi connectivity index (χ1n) is 6.78. The Balaban J connectivity index is 1.76. The first-order valence-corrected chi connectivity index (χ1v) is 6.78. The zero-order chi connectivity index (χ0) is 13.0. The van der Waals surface area contributed by atoms with Crippen LogP contribution in [0.15, 0.2) is 0 Å². The van der Waals surface area contributed by atoms with E-state index in [1.807, 2.05) is 0 Å². The number of methoxy groups -OCH3 is 1. The number of hydrogen-bond acceptors (Lipinski definition) is 4. The zero-order valence-corrected chi connectivity index (χ0v) is 11.1. The van der Waals surface area contributed by atoms with E-state index in [2.05, 4.69) is 4.90 Å². The number of piperidine rings is 1. The normalized spacial score (nSPS) is 25.5. The molecule has 1 unspecified atom stereocenters. The molecule has 18 heavy (non-hydrogen) atoms. The Labute approximate surface area is 108 Å². The van der Waals surface area contributed by atoms with Gasteiger partial charge in [0.1, 0.15) is 0 Å². The molecule has 2 heterocycles. The third-order valence-electron chi connectivity index (χ3n) is 3.88. The lowest BCUT2D eigenvalue weighted by Crippen LogP contribution is -2.38. The first-order chi connectivity index (χ1) is 8.70. The molecule has 1 atom stereocenters. The van der Waals surface area contributed by atoms with Crippen molar-refractivity contribution in [2.45, 2.75) is 25.7 Å². The van der Waals surface area contributed by atoms with E-state index in [1.54, 1.807) is 4.90 Å². The summed E-state index contributed by atoms with van der Waals surface area (Å²) in [7, 11) is 1.38. The fourth-order valence-electron chi connectivity index (χ4n) is 2.76. The summed E-state index contributed by atoms with van der Waals surface area (Å²) >= 11 is 0. The Morgan fingerprint density at radius 1 is 1.28 bits per heavy atom. The van der Waals surface area contributed by atoms with Gasteiger partial charge >= 0.3 is 5.97 Å². The molecule has 102 valence electrons. The standard InChI is InChI=1S/C13H22N2O3/c1-18-13(17)11-9-12(16)15(10-11)8-7-14-5-3-2-4-6-14/h11H,2-10H2,1H3. The van der Waals surface area contributed by atoms with E-state index < -0.39 is 0 Å². The Hall–Kier alpha value is -1.10. The summed E-state index contributed by atoms with van der Waals surface area (Å²) in [6.45, 7) is 4.48. The Morgan fingerprint density at radius 2 is 2.00 bits per heavy atom. The molecule has 2 rings (SSSR count). The Bertz CT molecular complexity index is 313. The van der Waals surface area contributed by atoms with Gasteiger partial charge in [0.15, 0.2) is 0 Å². The molecule has 2 fully saturated rings. The van der Waals surface area contributed by atoms with Gasteiger partial charge in [0.05, 0.1) is 13.0 Å². The second kappa shape index (κ2) is 6.18. The molecule has 2 aliphatic rings. The van der Waals surface area contributed by atoms with Crippen LogP contribution in [0.1, 0.15) is 25.7 Å². The van der Waals surface area contributed by atoms with Crippen molar-refractivity contribution in [2.75, 3.05) is 39.8 Å². The van der Waals surface area contributed by atoms with Crippen LogP contribution in [-0.2, 0) is 14.3 Å². The monoisotopic (exact) mass is 254 g/mol. The molecule has 2 aliphatic heterocycles. The van der Waals surface area contributed by atoms with Crippen molar-refractivity contribution in [3.8, 4) is 0 Å². The second-order valence-corrected chi connectivity index (χ2v) is 5.17. The van der Waals surface area contributed by atoms with Crippen LogP contribution in [0.3, 0.4) is 0 Å². The van der Waals surface area contributed by atoms with Gasteiger partial charge in [-0.1, -0.05) is 6.42 Å². The van der Waals surface area contributed by atoms with Gasteiger partial charge < -0.3 is 14.5 Å². The van der Waals surface area contributed by atoms with E-state index in [0.717, 1.165) is 26.2 Å². The summed E-state index contributed by atoms with van der Waals surface area (Å²) in [5.74, 6) is -0.435. The largest absolute Gasteiger partial charge is 0.469 e. The number of carbonyl (C=O) groups is 2. The number of carbonyl (C=O) groups excluding carboxylic acids is 2. The molecule has 2 saturated heterocycles. The molecule has 0 aromatic carbocycles. The molecule has 5 nitrogen and oxygen atoms in total. The average Bonchev–Trinajstić information content (AvgIpc) is 2.78. The Kier molecular flexibility index (Phi) is 4.58. The van der Waals surface area contributed by atoms with Crippen LogP contribution in [-0.4, -0.2) is 61.5 Å². The molecular formula is C13H22N2O3. The summed E-state index contributed by atoms with van der Waals surface area (Å²) in [5, 5.41) is 0. The molecule has 0 saturated carbocycles. The van der Waals surface area contributed by atoms with Crippen molar-refractivity contribution < 1.29 is 14.3 Å². The molecule has 0 spiro atoms. The highest BCUT2D eigenvalue weighted by atomic mass is 16.5. The topological polar surface area (TPSA) is 49.9 Å². The summed E-state index contributed by atoms with van der Waals surface area (Å²) in [4.78, 5) is 27.4. The minimum absolute atomic E-state index is 0.0856. The molecule has 0 aromatic rings. The molecular weight excluding hydrogens is 232 g/mol. The summed E-state index contributed by atoms with van der Waals surface area (Å²) in [6.07, 6.45) is 4.16. The minimum atomic E-state index is -0.260. The fourth-order valence-corrected chi connectivity index (χ4v) is 2.76. The molecule has 1 amide bonds. The van der Waals surface area contributed by atoms with Gasteiger partial charge in [-0.25, -0.2) is 0 Å². The van der Waals surface area contributed by atoms with Crippen molar-refractivity contribution >= 4 is 11.9 Å². The van der Waals surface area contributed by atoms with Crippen LogP contribution >= 0.6 is 0 Å². The van der Waals surface area contributed by atoms with Gasteiger partial charge in [0, 0.05) is 26.1 Å². The van der Waals surface area contributed by atoms with Crippen molar-refractivity contribution in [1.29, 1.82) is 0 Å². The number of likely N-dealkylation sites (tertiary alicyclic amines) is 2. The zero-order valence-electron chi connectivity index (χ0n) is 11.1. The lowest BCUT2D eigenvalue weighted by Gasteiger charge is -2.28. The number of rotatable bonds is 4. The Morgan fingerprint density at radius 3 is 2.67 bits per heavy atom. The van der Waals surface area contributed by atoms with Crippen molar-refractivity contribution in [2.24, 2.45) is 5.92 Å². The number of esters is 1. The van der Waals surface area contributed by atoms with E-state index in [9.17, 15) is 9.59 Å². The predicted molar refractivity (Wildman–Crippen MR) is 67.0 cm³/mol. The molecule has 0 radical (unpaired) electrons. The van der Waals surface area contributed by atoms with Crippen LogP contribution < -0.4 is 0 Å². The van der Waals surface area contributed by atoms with E-state index in [1.165, 1.54) is 26.4 Å². The van der Waals surface area contributed by atoms with Gasteiger partial charge in [0.2, 0.25) is 5.91 Å². The second-order valence-electron chi connectivity index (χ2n) is 5.17. The van der Waals surface area contributed by atoms with Crippen LogP contribution in [0.2, 0.25) is 0 Å². The van der Waals surface area contributed by atoms with E-state index >= 15 is 0 Å². The lowest BCUT2D eigenvalue weighted by molar-refractivity contribution is -0.145. The molecule has 0 N–H and O–H groups in total. The van der Waals surface area contributed by atoms with Crippen molar-refractivity contribution in [3.05, 3.63) is 0 Å². The minimum Gasteiger partial charge on any atom is -0.469 e. The highest BCUT2D eigenvalue weighted by molar-refractivity contribution is 5.86. The predicted octanol–water partition coefficient (Wildman–Crippen LogP) is 0.494. The summed E-state index contributed by atoms with van der Waals surface area (Å²) in [5.41, 5.74) is 0. The molecule has 0 bridgehead atoms. The maximum atomic E-state index is 11.8. The highest BCUT2D eigenvalue weighted by Gasteiger charge is 2.34. The van der Waals surface area contributed by atoms with Gasteiger partial charge in [0.25, 0.3) is 0 Å². The van der Waals surface area contributed by atoms with Crippen molar-refractivity contribution in [1.82, 2.24) is 9.80 Å². The van der Waals surface area contributed by atoms with E-state index in [0.29, 0.717) is 13.0 Å². The lowest BCUT2D eigenvalue weighted by atomic mass is 10.1. The third-order valence-corrected chi connectivity index (χ3v) is 3.88. The SMILES string of the molecule is COC(=O)C1CC(=O)N(CCN2CCCCC2)C1. The van der Waals surface area contributed by atoms with Crippen molar-refractivity contribution in [3.63, 3.8) is 0 Å². The first kappa shape index (κ1) is 13.3. The van der Waals surface area contributed by atoms with Crippen LogP contribution in [0.5, 0.6) is 0 Å².